The fraction of sp³-hybridized carbons (Fsp3) is 0.564. The third-order valence-electron chi connectivity index (χ3n) is 11.0. The van der Waals surface area contributed by atoms with Crippen LogP contribution in [0.2, 0.25) is 0 Å². The van der Waals surface area contributed by atoms with Crippen molar-refractivity contribution in [3.8, 4) is 11.4 Å². The van der Waals surface area contributed by atoms with Crippen LogP contribution < -0.4 is 0 Å². The summed E-state index contributed by atoms with van der Waals surface area (Å²) in [7, 11) is 1.90. The summed E-state index contributed by atoms with van der Waals surface area (Å²) in [6.45, 7) is 11.9. The van der Waals surface area contributed by atoms with Crippen LogP contribution in [0.25, 0.3) is 11.4 Å². The van der Waals surface area contributed by atoms with Gasteiger partial charge < -0.3 is 14.7 Å². The molecule has 1 amide bonds. The number of aliphatic hydroxyl groups is 1. The maximum absolute atomic E-state index is 13.4. The number of amides is 1. The SMILES string of the molecule is CCCCC(CC)c1cccc(COC[C@@H]2CN(C(O)c3cnn(Cc4ccc(F)cc4)c3)CC2CN(C)C(=O)[C@H]2CC2(C)C)c1-c1nn[nH]n1. The zero-order valence-electron chi connectivity index (χ0n) is 30.6. The Morgan fingerprint density at radius 3 is 2.61 bits per heavy atom. The Morgan fingerprint density at radius 1 is 1.16 bits per heavy atom. The number of benzene rings is 2. The molecule has 0 bridgehead atoms. The minimum atomic E-state index is -0.863. The van der Waals surface area contributed by atoms with E-state index >= 15 is 0 Å². The van der Waals surface area contributed by atoms with Crippen molar-refractivity contribution in [3.05, 3.63) is 82.9 Å². The van der Waals surface area contributed by atoms with E-state index in [1.54, 1.807) is 23.0 Å². The number of nitrogens with one attached hydrogen (secondary N) is 1. The average Bonchev–Trinajstić information content (AvgIpc) is 3.63. The van der Waals surface area contributed by atoms with Gasteiger partial charge in [-0.3, -0.25) is 14.4 Å². The molecule has 0 spiro atoms. The zero-order valence-corrected chi connectivity index (χ0v) is 30.6. The summed E-state index contributed by atoms with van der Waals surface area (Å²) in [6.07, 6.45) is 8.00. The number of nitrogens with zero attached hydrogens (tertiary/aromatic N) is 7. The number of aromatic amines is 1. The van der Waals surface area contributed by atoms with E-state index < -0.39 is 6.23 Å². The van der Waals surface area contributed by atoms with E-state index in [1.807, 2.05) is 18.1 Å². The summed E-state index contributed by atoms with van der Waals surface area (Å²) in [5.74, 6) is 1.13. The third-order valence-corrected chi connectivity index (χ3v) is 11.0. The Balaban J connectivity index is 1.17. The van der Waals surface area contributed by atoms with Gasteiger partial charge in [-0.2, -0.15) is 10.3 Å². The summed E-state index contributed by atoms with van der Waals surface area (Å²) in [6, 6.07) is 12.7. The number of hydrogen-bond acceptors (Lipinski definition) is 8. The molecular weight excluding hydrogens is 647 g/mol. The topological polar surface area (TPSA) is 125 Å². The van der Waals surface area contributed by atoms with Gasteiger partial charge in [0.2, 0.25) is 11.7 Å². The molecule has 2 aromatic heterocycles. The van der Waals surface area contributed by atoms with Crippen molar-refractivity contribution in [3.63, 3.8) is 0 Å². The van der Waals surface area contributed by atoms with Crippen LogP contribution in [0.3, 0.4) is 0 Å². The number of unbranched alkanes of at least 4 members (excludes halogenated alkanes) is 1. The lowest BCUT2D eigenvalue weighted by molar-refractivity contribution is -0.132. The molecule has 1 saturated heterocycles. The van der Waals surface area contributed by atoms with Crippen LogP contribution in [0.15, 0.2) is 54.9 Å². The van der Waals surface area contributed by atoms with Gasteiger partial charge in [0.15, 0.2) is 0 Å². The molecule has 6 rings (SSSR count). The van der Waals surface area contributed by atoms with Crippen LogP contribution in [0, 0.1) is 29.0 Å². The number of likely N-dealkylation sites (tertiary alicyclic amines) is 1. The van der Waals surface area contributed by atoms with E-state index in [0.29, 0.717) is 56.7 Å². The lowest BCUT2D eigenvalue weighted by Crippen LogP contribution is -2.37. The number of tetrazole rings is 1. The largest absolute Gasteiger partial charge is 0.376 e. The first-order valence-electron chi connectivity index (χ1n) is 18.4. The second-order valence-electron chi connectivity index (χ2n) is 15.3. The van der Waals surface area contributed by atoms with Crippen LogP contribution in [-0.4, -0.2) is 84.5 Å². The zero-order chi connectivity index (χ0) is 36.1. The standard InChI is InChI=1S/C39H53FN8O3/c1-6-8-10-27(7-2)33-12-9-11-28(35(33)36-42-44-45-43-36)24-51-25-31-22-47(21-30(31)20-46(5)38(50)34-17-39(34,3)4)37(49)29-18-41-48(23-29)19-26-13-15-32(40)16-14-26/h9,11-16,18,23,27,30-31,34,37,49H,6-8,10,17,19-22,24-25H2,1-5H3,(H,42,43,44,45)/t27?,30?,31-,34+,37?/m0/s1. The van der Waals surface area contributed by atoms with E-state index in [4.69, 9.17) is 4.74 Å². The number of carbonyl (C=O) groups is 1. The number of aliphatic hydroxyl groups excluding tert-OH is 1. The van der Waals surface area contributed by atoms with Gasteiger partial charge in [-0.25, -0.2) is 4.39 Å². The molecule has 12 heteroatoms. The highest BCUT2D eigenvalue weighted by atomic mass is 19.1. The van der Waals surface area contributed by atoms with Crippen molar-refractivity contribution in [2.24, 2.45) is 23.2 Å². The predicted molar refractivity (Wildman–Crippen MR) is 193 cm³/mol. The summed E-state index contributed by atoms with van der Waals surface area (Å²) in [4.78, 5) is 17.3. The van der Waals surface area contributed by atoms with Crippen LogP contribution in [0.1, 0.15) is 94.2 Å². The van der Waals surface area contributed by atoms with E-state index in [2.05, 4.69) is 76.5 Å². The van der Waals surface area contributed by atoms with Crippen LogP contribution >= 0.6 is 0 Å². The molecule has 2 aliphatic rings. The quantitative estimate of drug-likeness (QED) is 0.134. The molecule has 2 N–H and O–H groups in total. The van der Waals surface area contributed by atoms with Gasteiger partial charge in [0.1, 0.15) is 12.0 Å². The molecule has 1 aliphatic carbocycles. The fourth-order valence-corrected chi connectivity index (χ4v) is 7.73. The highest BCUT2D eigenvalue weighted by molar-refractivity contribution is 5.82. The normalized spacial score (nSPS) is 21.1. The molecule has 1 saturated carbocycles. The monoisotopic (exact) mass is 700 g/mol. The van der Waals surface area contributed by atoms with E-state index in [0.717, 1.165) is 48.8 Å². The molecule has 0 radical (unpaired) electrons. The average molecular weight is 701 g/mol. The Bertz CT molecular complexity index is 1730. The van der Waals surface area contributed by atoms with Crippen molar-refractivity contribution in [2.45, 2.75) is 85.1 Å². The van der Waals surface area contributed by atoms with Crippen molar-refractivity contribution >= 4 is 5.91 Å². The van der Waals surface area contributed by atoms with Gasteiger partial charge in [-0.1, -0.05) is 70.9 Å². The van der Waals surface area contributed by atoms with Gasteiger partial charge in [0.05, 0.1) is 26.0 Å². The van der Waals surface area contributed by atoms with Crippen LogP contribution in [-0.2, 0) is 22.7 Å². The van der Waals surface area contributed by atoms with Gasteiger partial charge in [0, 0.05) is 55.8 Å². The maximum Gasteiger partial charge on any atom is 0.225 e. The minimum absolute atomic E-state index is 0.0537. The maximum atomic E-state index is 13.4. The van der Waals surface area contributed by atoms with Crippen molar-refractivity contribution in [1.29, 1.82) is 0 Å². The summed E-state index contributed by atoms with van der Waals surface area (Å²) in [5, 5.41) is 31.3. The highest BCUT2D eigenvalue weighted by Gasteiger charge is 2.52. The first kappa shape index (κ1) is 36.8. The number of rotatable bonds is 17. The van der Waals surface area contributed by atoms with Gasteiger partial charge in [0.25, 0.3) is 0 Å². The number of carbonyl (C=O) groups excluding carboxylic acids is 1. The number of H-pyrrole nitrogens is 1. The van der Waals surface area contributed by atoms with E-state index in [1.165, 1.54) is 17.7 Å². The molecule has 1 aliphatic heterocycles. The van der Waals surface area contributed by atoms with Gasteiger partial charge >= 0.3 is 0 Å². The van der Waals surface area contributed by atoms with E-state index in [-0.39, 0.29) is 34.9 Å². The molecule has 51 heavy (non-hydrogen) atoms. The molecule has 4 aromatic rings. The summed E-state index contributed by atoms with van der Waals surface area (Å²) < 4.78 is 21.7. The Hall–Kier alpha value is -4.00. The number of aromatic nitrogens is 6. The lowest BCUT2D eigenvalue weighted by atomic mass is 9.86. The van der Waals surface area contributed by atoms with Gasteiger partial charge in [-0.15, -0.1) is 10.2 Å². The first-order valence-corrected chi connectivity index (χ1v) is 18.4. The third kappa shape index (κ3) is 8.73. The van der Waals surface area contributed by atoms with Crippen molar-refractivity contribution < 1.29 is 19.0 Å². The number of hydrogen-bond donors (Lipinski definition) is 2. The second-order valence-corrected chi connectivity index (χ2v) is 15.3. The highest BCUT2D eigenvalue weighted by Crippen LogP contribution is 2.52. The number of halogens is 1. The van der Waals surface area contributed by atoms with Crippen LogP contribution in [0.5, 0.6) is 0 Å². The molecule has 3 unspecified atom stereocenters. The molecule has 3 heterocycles. The molecule has 2 aromatic carbocycles. The molecule has 5 atom stereocenters. The smallest absolute Gasteiger partial charge is 0.225 e. The summed E-state index contributed by atoms with van der Waals surface area (Å²) >= 11 is 0. The molecule has 11 nitrogen and oxygen atoms in total. The van der Waals surface area contributed by atoms with Crippen molar-refractivity contribution in [1.82, 2.24) is 40.2 Å². The molecule has 2 fully saturated rings. The second kappa shape index (κ2) is 16.1. The summed E-state index contributed by atoms with van der Waals surface area (Å²) in [5.41, 5.74) is 4.90. The fourth-order valence-electron chi connectivity index (χ4n) is 7.73. The van der Waals surface area contributed by atoms with E-state index in [9.17, 15) is 14.3 Å². The molecular formula is C39H53FN8O3. The number of ether oxygens (including phenoxy) is 1. The Labute approximate surface area is 300 Å². The predicted octanol–water partition coefficient (Wildman–Crippen LogP) is 6.19. The first-order chi connectivity index (χ1) is 24.6. The minimum Gasteiger partial charge on any atom is -0.376 e. The van der Waals surface area contributed by atoms with Crippen LogP contribution in [0.4, 0.5) is 4.39 Å². The molecule has 274 valence electrons. The Kier molecular flexibility index (Phi) is 11.6. The van der Waals surface area contributed by atoms with Gasteiger partial charge in [-0.05, 0) is 70.5 Å². The lowest BCUT2D eigenvalue weighted by Gasteiger charge is -2.26. The van der Waals surface area contributed by atoms with Crippen molar-refractivity contribution in [2.75, 3.05) is 33.3 Å². The Morgan fingerprint density at radius 2 is 1.92 bits per heavy atom.